The van der Waals surface area contributed by atoms with Crippen LogP contribution >= 0.6 is 0 Å². The summed E-state index contributed by atoms with van der Waals surface area (Å²) in [6.45, 7) is 4.07. The first-order chi connectivity index (χ1) is 19.4. The van der Waals surface area contributed by atoms with E-state index in [0.717, 1.165) is 23.6 Å². The van der Waals surface area contributed by atoms with Gasteiger partial charge in [0.25, 0.3) is 5.91 Å². The topological polar surface area (TPSA) is 109 Å². The minimum Gasteiger partial charge on any atom is -0.445 e. The van der Waals surface area contributed by atoms with Crippen molar-refractivity contribution in [2.45, 2.75) is 44.4 Å². The second kappa shape index (κ2) is 13.0. The monoisotopic (exact) mass is 541 g/mol. The van der Waals surface area contributed by atoms with E-state index in [1.54, 1.807) is 36.4 Å². The molecule has 1 aliphatic carbocycles. The van der Waals surface area contributed by atoms with Crippen molar-refractivity contribution in [3.05, 3.63) is 95.1 Å². The molecule has 8 nitrogen and oxygen atoms in total. The number of carbonyl (C=O) groups is 2. The van der Waals surface area contributed by atoms with Gasteiger partial charge in [-0.25, -0.2) is 4.79 Å². The molecule has 5 rings (SSSR count). The minimum absolute atomic E-state index is 0.219. The number of nitrogens with zero attached hydrogens (tertiary/aromatic N) is 1. The molecule has 0 radical (unpaired) electrons. The highest BCUT2D eigenvalue weighted by atomic mass is 16.5. The van der Waals surface area contributed by atoms with E-state index in [-0.39, 0.29) is 12.5 Å². The maximum absolute atomic E-state index is 12.5. The number of amides is 2. The van der Waals surface area contributed by atoms with Crippen molar-refractivity contribution in [1.82, 2.24) is 15.5 Å². The number of alkyl carbamates (subject to hydrolysis) is 1. The highest BCUT2D eigenvalue weighted by molar-refractivity contribution is 6.05. The molecule has 0 spiro atoms. The fourth-order valence-corrected chi connectivity index (χ4v) is 5.19. The maximum Gasteiger partial charge on any atom is 0.407 e. The third kappa shape index (κ3) is 7.61. The van der Waals surface area contributed by atoms with Gasteiger partial charge in [-0.1, -0.05) is 48.5 Å². The zero-order valence-electron chi connectivity index (χ0n) is 23.1. The molecule has 2 atom stereocenters. The summed E-state index contributed by atoms with van der Waals surface area (Å²) in [5.41, 5.74) is 10.6. The van der Waals surface area contributed by atoms with Crippen LogP contribution < -0.4 is 21.7 Å². The van der Waals surface area contributed by atoms with Crippen molar-refractivity contribution in [3.63, 3.8) is 0 Å². The molecule has 8 heteroatoms. The second-order valence-electron chi connectivity index (χ2n) is 11.0. The van der Waals surface area contributed by atoms with E-state index in [2.05, 4.69) is 40.0 Å². The number of hydrogen-bond acceptors (Lipinski definition) is 6. The summed E-state index contributed by atoms with van der Waals surface area (Å²) in [7, 11) is 2.20. The van der Waals surface area contributed by atoms with Gasteiger partial charge in [0.1, 0.15) is 6.61 Å². The lowest BCUT2D eigenvalue weighted by molar-refractivity contribution is 0.102. The van der Waals surface area contributed by atoms with Crippen molar-refractivity contribution in [1.29, 1.82) is 0 Å². The third-order valence-electron chi connectivity index (χ3n) is 7.94. The molecule has 3 aromatic carbocycles. The number of para-hydroxylation sites is 2. The Morgan fingerprint density at radius 1 is 0.950 bits per heavy atom. The second-order valence-corrected chi connectivity index (χ2v) is 11.0. The van der Waals surface area contributed by atoms with E-state index in [9.17, 15) is 9.59 Å². The largest absolute Gasteiger partial charge is 0.445 e. The number of carbonyl (C=O) groups excluding carboxylic acids is 2. The number of ether oxygens (including phenoxy) is 1. The van der Waals surface area contributed by atoms with Gasteiger partial charge < -0.3 is 31.3 Å². The number of benzene rings is 3. The van der Waals surface area contributed by atoms with Gasteiger partial charge in [-0.2, -0.15) is 0 Å². The Hall–Kier alpha value is -3.88. The fourth-order valence-electron chi connectivity index (χ4n) is 5.19. The van der Waals surface area contributed by atoms with E-state index in [1.807, 2.05) is 24.3 Å². The number of nitrogens with one attached hydrogen (secondary N) is 3. The Morgan fingerprint density at radius 2 is 1.65 bits per heavy atom. The Kier molecular flexibility index (Phi) is 8.98. The third-order valence-corrected chi connectivity index (χ3v) is 7.94. The zero-order chi connectivity index (χ0) is 27.9. The van der Waals surface area contributed by atoms with Crippen molar-refractivity contribution >= 4 is 23.4 Å². The van der Waals surface area contributed by atoms with Gasteiger partial charge >= 0.3 is 6.09 Å². The first-order valence-corrected chi connectivity index (χ1v) is 14.1. The standard InChI is InChI=1S/C32H39N5O3/c1-37-16-14-23(15-17-37)19-34-30-18-27(30)25-10-8-24(9-11-25)21-40-32(39)35-20-22-6-12-26(13-7-22)31(38)36-29-5-3-2-4-28(29)33/h2-13,23,27,30,34H,14-21,33H2,1H3,(H,35,39)(H,36,38)/t27-,30?/m1/s1. The van der Waals surface area contributed by atoms with Crippen LogP contribution in [0.1, 0.15) is 52.2 Å². The molecule has 1 heterocycles. The molecule has 210 valence electrons. The highest BCUT2D eigenvalue weighted by Gasteiger charge is 2.38. The Morgan fingerprint density at radius 3 is 2.38 bits per heavy atom. The SMILES string of the molecule is CN1CCC(CNC2C[C@@H]2c2ccc(COC(=O)NCc3ccc(C(=O)Nc4ccccc4N)cc3)cc2)CC1. The summed E-state index contributed by atoms with van der Waals surface area (Å²) in [5, 5.41) is 9.34. The van der Waals surface area contributed by atoms with Crippen molar-refractivity contribution < 1.29 is 14.3 Å². The smallest absolute Gasteiger partial charge is 0.407 e. The van der Waals surface area contributed by atoms with Crippen LogP contribution in [0.5, 0.6) is 0 Å². The summed E-state index contributed by atoms with van der Waals surface area (Å²) >= 11 is 0. The Balaban J connectivity index is 0.995. The van der Waals surface area contributed by atoms with Crippen LogP contribution in [0.3, 0.4) is 0 Å². The molecule has 0 bridgehead atoms. The van der Waals surface area contributed by atoms with Crippen molar-refractivity contribution in [2.75, 3.05) is 37.7 Å². The van der Waals surface area contributed by atoms with Gasteiger partial charge in [0.2, 0.25) is 0 Å². The summed E-state index contributed by atoms with van der Waals surface area (Å²) < 4.78 is 5.40. The number of likely N-dealkylation sites (tertiary alicyclic amines) is 1. The van der Waals surface area contributed by atoms with E-state index >= 15 is 0 Å². The van der Waals surface area contributed by atoms with Gasteiger partial charge in [0.15, 0.2) is 0 Å². The maximum atomic E-state index is 12.5. The Labute approximate surface area is 236 Å². The quantitative estimate of drug-likeness (QED) is 0.276. The van der Waals surface area contributed by atoms with Gasteiger partial charge in [-0.15, -0.1) is 0 Å². The molecule has 2 fully saturated rings. The number of nitrogens with two attached hydrogens (primary N) is 1. The van der Waals surface area contributed by atoms with Crippen LogP contribution in [0.2, 0.25) is 0 Å². The normalized spacial score (nSPS) is 19.1. The fraction of sp³-hybridized carbons (Fsp3) is 0.375. The number of rotatable bonds is 10. The molecular formula is C32H39N5O3. The van der Waals surface area contributed by atoms with Gasteiger partial charge in [0, 0.05) is 24.1 Å². The van der Waals surface area contributed by atoms with Gasteiger partial charge in [0.05, 0.1) is 11.4 Å². The number of hydrogen-bond donors (Lipinski definition) is 4. The molecule has 2 amide bonds. The summed E-state index contributed by atoms with van der Waals surface area (Å²) in [6.07, 6.45) is 3.29. The lowest BCUT2D eigenvalue weighted by Gasteiger charge is -2.29. The lowest BCUT2D eigenvalue weighted by atomic mass is 9.97. The van der Waals surface area contributed by atoms with Crippen LogP contribution in [-0.4, -0.2) is 49.6 Å². The average Bonchev–Trinajstić information content (AvgIpc) is 3.76. The zero-order valence-corrected chi connectivity index (χ0v) is 23.1. The summed E-state index contributed by atoms with van der Waals surface area (Å²) in [5.74, 6) is 1.14. The number of piperidine rings is 1. The van der Waals surface area contributed by atoms with Crippen molar-refractivity contribution in [3.8, 4) is 0 Å². The van der Waals surface area contributed by atoms with Gasteiger partial charge in [-0.05, 0) is 92.8 Å². The molecule has 1 unspecified atom stereocenters. The Bertz CT molecular complexity index is 1290. The molecule has 40 heavy (non-hydrogen) atoms. The van der Waals surface area contributed by atoms with E-state index in [0.29, 0.717) is 35.4 Å². The van der Waals surface area contributed by atoms with Crippen LogP contribution in [-0.2, 0) is 17.9 Å². The van der Waals surface area contributed by atoms with Crippen LogP contribution in [0.25, 0.3) is 0 Å². The molecule has 1 aliphatic heterocycles. The number of nitrogen functional groups attached to an aromatic ring is 1. The summed E-state index contributed by atoms with van der Waals surface area (Å²) in [6, 6.07) is 23.1. The van der Waals surface area contributed by atoms with E-state index < -0.39 is 6.09 Å². The molecule has 0 aromatic heterocycles. The molecular weight excluding hydrogens is 502 g/mol. The predicted octanol–water partition coefficient (Wildman–Crippen LogP) is 4.73. The number of anilines is 2. The van der Waals surface area contributed by atoms with Crippen molar-refractivity contribution in [2.24, 2.45) is 5.92 Å². The summed E-state index contributed by atoms with van der Waals surface area (Å²) in [4.78, 5) is 27.1. The van der Waals surface area contributed by atoms with Crippen LogP contribution in [0.4, 0.5) is 16.2 Å². The predicted molar refractivity (Wildman–Crippen MR) is 158 cm³/mol. The molecule has 3 aromatic rings. The van der Waals surface area contributed by atoms with Gasteiger partial charge in [-0.3, -0.25) is 4.79 Å². The molecule has 1 saturated heterocycles. The van der Waals surface area contributed by atoms with Crippen LogP contribution in [0, 0.1) is 5.92 Å². The molecule has 5 N–H and O–H groups in total. The average molecular weight is 542 g/mol. The van der Waals surface area contributed by atoms with E-state index in [4.69, 9.17) is 10.5 Å². The molecule has 1 saturated carbocycles. The highest BCUT2D eigenvalue weighted by Crippen LogP contribution is 2.41. The first kappa shape index (κ1) is 27.7. The minimum atomic E-state index is -0.481. The lowest BCUT2D eigenvalue weighted by Crippen LogP contribution is -2.35. The van der Waals surface area contributed by atoms with Crippen LogP contribution in [0.15, 0.2) is 72.8 Å². The van der Waals surface area contributed by atoms with E-state index in [1.165, 1.54) is 37.9 Å². The first-order valence-electron chi connectivity index (χ1n) is 14.1. The molecule has 2 aliphatic rings.